The van der Waals surface area contributed by atoms with Gasteiger partial charge in [-0.1, -0.05) is 17.7 Å². The van der Waals surface area contributed by atoms with Gasteiger partial charge in [0, 0.05) is 20.1 Å². The van der Waals surface area contributed by atoms with E-state index in [1.807, 2.05) is 0 Å². The summed E-state index contributed by atoms with van der Waals surface area (Å²) in [6, 6.07) is 5.06. The molecule has 2 heterocycles. The van der Waals surface area contributed by atoms with Gasteiger partial charge in [-0.15, -0.1) is 0 Å². The van der Waals surface area contributed by atoms with Crippen molar-refractivity contribution in [3.8, 4) is 11.5 Å². The maximum absolute atomic E-state index is 12.8. The van der Waals surface area contributed by atoms with Crippen LogP contribution in [0.2, 0.25) is 0 Å². The third kappa shape index (κ3) is 5.51. The van der Waals surface area contributed by atoms with Crippen molar-refractivity contribution in [3.05, 3.63) is 41.5 Å². The zero-order chi connectivity index (χ0) is 26.1. The highest BCUT2D eigenvalue weighted by molar-refractivity contribution is 5.87. The number of methoxy groups -OCH3 is 2. The number of rotatable bonds is 9. The first kappa shape index (κ1) is 26.4. The van der Waals surface area contributed by atoms with Crippen LogP contribution in [0.15, 0.2) is 35.9 Å². The second-order valence-electron chi connectivity index (χ2n) is 10.2. The molecule has 36 heavy (non-hydrogen) atoms. The third-order valence-electron chi connectivity index (χ3n) is 7.36. The predicted octanol–water partition coefficient (Wildman–Crippen LogP) is 4.25. The van der Waals surface area contributed by atoms with Crippen molar-refractivity contribution < 1.29 is 38.0 Å². The van der Waals surface area contributed by atoms with E-state index in [9.17, 15) is 9.59 Å². The maximum atomic E-state index is 12.8. The topological polar surface area (TPSA) is 96.1 Å². The number of ether oxygens (including phenoxy) is 6. The van der Waals surface area contributed by atoms with Crippen LogP contribution in [-0.4, -0.2) is 62.3 Å². The molecule has 2 saturated heterocycles. The van der Waals surface area contributed by atoms with Gasteiger partial charge in [-0.05, 0) is 63.8 Å². The van der Waals surface area contributed by atoms with Gasteiger partial charge in [-0.2, -0.15) is 0 Å². The van der Waals surface area contributed by atoms with E-state index in [1.165, 1.54) is 25.7 Å². The molecule has 0 N–H and O–H groups in total. The lowest BCUT2D eigenvalue weighted by Gasteiger charge is -2.42. The predicted molar refractivity (Wildman–Crippen MR) is 133 cm³/mol. The Hall–Kier alpha value is -2.68. The van der Waals surface area contributed by atoms with Gasteiger partial charge in [0.15, 0.2) is 11.5 Å². The van der Waals surface area contributed by atoms with Gasteiger partial charge in [0.2, 0.25) is 0 Å². The van der Waals surface area contributed by atoms with Crippen LogP contribution >= 0.6 is 0 Å². The molecule has 3 aliphatic rings. The molecule has 1 aromatic rings. The molecule has 8 heteroatoms. The maximum Gasteiger partial charge on any atom is 0.331 e. The number of esters is 2. The Kier molecular flexibility index (Phi) is 7.59. The fraction of sp³-hybridized carbons (Fsp3) is 0.571. The molecule has 3 fully saturated rings. The van der Waals surface area contributed by atoms with Crippen molar-refractivity contribution in [1.29, 1.82) is 0 Å². The summed E-state index contributed by atoms with van der Waals surface area (Å²) in [5.41, 5.74) is 1.26. The van der Waals surface area contributed by atoms with Gasteiger partial charge in [0.05, 0.1) is 25.7 Å². The van der Waals surface area contributed by atoms with Crippen LogP contribution in [0.25, 0.3) is 6.08 Å². The Balaban J connectivity index is 1.45. The lowest BCUT2D eigenvalue weighted by molar-refractivity contribution is -0.166. The zero-order valence-electron chi connectivity index (χ0n) is 21.9. The minimum Gasteiger partial charge on any atom is -0.493 e. The molecule has 0 unspecified atom stereocenters. The van der Waals surface area contributed by atoms with E-state index >= 15 is 0 Å². The summed E-state index contributed by atoms with van der Waals surface area (Å²) >= 11 is 0. The number of allylic oxidation sites excluding steroid dienone is 1. The van der Waals surface area contributed by atoms with Gasteiger partial charge in [-0.3, -0.25) is 4.79 Å². The summed E-state index contributed by atoms with van der Waals surface area (Å²) in [4.78, 5) is 24.2. The molecule has 8 nitrogen and oxygen atoms in total. The van der Waals surface area contributed by atoms with E-state index < -0.39 is 18.0 Å². The summed E-state index contributed by atoms with van der Waals surface area (Å²) in [5, 5.41) is 0. The van der Waals surface area contributed by atoms with E-state index in [-0.39, 0.29) is 35.1 Å². The first-order valence-electron chi connectivity index (χ1n) is 12.3. The van der Waals surface area contributed by atoms with Crippen LogP contribution in [0.5, 0.6) is 11.5 Å². The minimum atomic E-state index is -0.471. The summed E-state index contributed by atoms with van der Waals surface area (Å²) < 4.78 is 34.4. The fourth-order valence-electron chi connectivity index (χ4n) is 5.45. The SMILES string of the molecule is COc1ccc(/C=C/C(=O)O[C@@H]2CC[C@]3(CO3)[C@@H]([C@@]3(C)O[C@H]3CC=C(C)C)[C@@H]2OC)cc1OC(C)=O. The molecule has 0 radical (unpaired) electrons. The Morgan fingerprint density at radius 1 is 1.17 bits per heavy atom. The molecule has 1 aliphatic carbocycles. The summed E-state index contributed by atoms with van der Waals surface area (Å²) in [6.45, 7) is 8.27. The molecule has 1 aromatic carbocycles. The van der Waals surface area contributed by atoms with E-state index in [0.29, 0.717) is 24.3 Å². The highest BCUT2D eigenvalue weighted by atomic mass is 16.6. The molecule has 4 rings (SSSR count). The first-order chi connectivity index (χ1) is 17.1. The van der Waals surface area contributed by atoms with Crippen molar-refractivity contribution in [2.24, 2.45) is 5.92 Å². The van der Waals surface area contributed by atoms with Gasteiger partial charge >= 0.3 is 11.9 Å². The molecule has 1 saturated carbocycles. The minimum absolute atomic E-state index is 0.0334. The molecule has 6 atom stereocenters. The summed E-state index contributed by atoms with van der Waals surface area (Å²) in [5.74, 6) is -0.253. The first-order valence-corrected chi connectivity index (χ1v) is 12.3. The lowest BCUT2D eigenvalue weighted by atomic mass is 9.68. The second-order valence-corrected chi connectivity index (χ2v) is 10.2. The van der Waals surface area contributed by atoms with E-state index in [0.717, 1.165) is 12.8 Å². The lowest BCUT2D eigenvalue weighted by Crippen LogP contribution is -2.55. The van der Waals surface area contributed by atoms with Gasteiger partial charge in [0.1, 0.15) is 23.4 Å². The van der Waals surface area contributed by atoms with Crippen molar-refractivity contribution in [2.45, 2.75) is 76.5 Å². The van der Waals surface area contributed by atoms with Gasteiger partial charge < -0.3 is 28.4 Å². The number of epoxide rings is 2. The Morgan fingerprint density at radius 3 is 2.53 bits per heavy atom. The fourth-order valence-corrected chi connectivity index (χ4v) is 5.45. The number of benzene rings is 1. The molecular formula is C28H36O8. The Labute approximate surface area is 212 Å². The van der Waals surface area contributed by atoms with Gasteiger partial charge in [-0.25, -0.2) is 4.79 Å². The van der Waals surface area contributed by atoms with Crippen molar-refractivity contribution >= 4 is 18.0 Å². The quantitative estimate of drug-likeness (QED) is 0.163. The van der Waals surface area contributed by atoms with Crippen molar-refractivity contribution in [1.82, 2.24) is 0 Å². The molecule has 1 spiro atoms. The third-order valence-corrected chi connectivity index (χ3v) is 7.36. The monoisotopic (exact) mass is 500 g/mol. The number of carbonyl (C=O) groups excluding carboxylic acids is 2. The molecule has 0 amide bonds. The van der Waals surface area contributed by atoms with E-state index in [4.69, 9.17) is 28.4 Å². The Morgan fingerprint density at radius 2 is 1.92 bits per heavy atom. The van der Waals surface area contributed by atoms with Gasteiger partial charge in [0.25, 0.3) is 0 Å². The highest BCUT2D eigenvalue weighted by Gasteiger charge is 2.72. The van der Waals surface area contributed by atoms with Crippen LogP contribution in [0, 0.1) is 5.92 Å². The van der Waals surface area contributed by atoms with Crippen LogP contribution in [-0.2, 0) is 28.5 Å². The van der Waals surface area contributed by atoms with Crippen LogP contribution in [0.3, 0.4) is 0 Å². The number of carbonyl (C=O) groups is 2. The Bertz CT molecular complexity index is 1050. The summed E-state index contributed by atoms with van der Waals surface area (Å²) in [7, 11) is 3.15. The zero-order valence-corrected chi connectivity index (χ0v) is 21.9. The highest BCUT2D eigenvalue weighted by Crippen LogP contribution is 2.59. The summed E-state index contributed by atoms with van der Waals surface area (Å²) in [6.07, 6.45) is 6.80. The second kappa shape index (κ2) is 10.4. The largest absolute Gasteiger partial charge is 0.493 e. The van der Waals surface area contributed by atoms with Crippen LogP contribution in [0.1, 0.15) is 52.5 Å². The molecular weight excluding hydrogens is 464 g/mol. The average molecular weight is 501 g/mol. The smallest absolute Gasteiger partial charge is 0.331 e. The molecule has 196 valence electrons. The van der Waals surface area contributed by atoms with E-state index in [1.54, 1.807) is 31.4 Å². The van der Waals surface area contributed by atoms with E-state index in [2.05, 4.69) is 26.8 Å². The number of hydrogen-bond donors (Lipinski definition) is 0. The molecule has 0 bridgehead atoms. The number of hydrogen-bond acceptors (Lipinski definition) is 8. The van der Waals surface area contributed by atoms with Crippen LogP contribution < -0.4 is 9.47 Å². The molecule has 0 aromatic heterocycles. The normalized spacial score (nSPS) is 32.7. The average Bonchev–Trinajstić information content (AvgIpc) is 3.74. The molecule has 2 aliphatic heterocycles. The van der Waals surface area contributed by atoms with Crippen LogP contribution in [0.4, 0.5) is 0 Å². The standard InChI is InChI=1S/C28H36O8/c1-17(2)7-11-23-27(4,36-23)26-25(32-6)21(13-14-28(26)16-33-28)35-24(30)12-9-19-8-10-20(31-5)22(15-19)34-18(3)29/h7-10,12,15,21,23,25-26H,11,13-14,16H2,1-6H3/b12-9+/t21-,23+,25-,26-,27+,28+/m1/s1. The van der Waals surface area contributed by atoms with Crippen molar-refractivity contribution in [3.63, 3.8) is 0 Å². The van der Waals surface area contributed by atoms with Crippen molar-refractivity contribution in [2.75, 3.05) is 20.8 Å².